The molecule has 0 radical (unpaired) electrons. The molecule has 1 atom stereocenters. The van der Waals surface area contributed by atoms with Gasteiger partial charge in [0.15, 0.2) is 0 Å². The van der Waals surface area contributed by atoms with Gasteiger partial charge < -0.3 is 10.0 Å². The highest BCUT2D eigenvalue weighted by molar-refractivity contribution is 5.99. The summed E-state index contributed by atoms with van der Waals surface area (Å²) in [7, 11) is 0. The lowest BCUT2D eigenvalue weighted by atomic mass is 10.0. The Labute approximate surface area is 164 Å². The second kappa shape index (κ2) is 7.31. The smallest absolute Gasteiger partial charge is 0.255 e. The number of piperidine rings is 1. The van der Waals surface area contributed by atoms with Gasteiger partial charge in [-0.1, -0.05) is 23.4 Å². The van der Waals surface area contributed by atoms with Gasteiger partial charge in [0, 0.05) is 18.5 Å². The average Bonchev–Trinajstić information content (AvgIpc) is 3.18. The summed E-state index contributed by atoms with van der Waals surface area (Å²) in [6.07, 6.45) is 2.80. The number of benzene rings is 1. The number of likely N-dealkylation sites (tertiary alicyclic amines) is 1. The van der Waals surface area contributed by atoms with Crippen molar-refractivity contribution in [2.75, 3.05) is 13.1 Å². The normalized spacial score (nSPS) is 16.5. The number of nitrogens with zero attached hydrogens (tertiary/aromatic N) is 5. The zero-order valence-electron chi connectivity index (χ0n) is 16.5. The van der Waals surface area contributed by atoms with E-state index in [1.165, 1.54) is 0 Å². The van der Waals surface area contributed by atoms with Crippen LogP contribution in [0.1, 0.15) is 59.2 Å². The molecule has 0 saturated carbocycles. The number of aliphatic hydroxyl groups excluding tert-OH is 1. The Kier molecular flexibility index (Phi) is 4.85. The Balaban J connectivity index is 1.49. The van der Waals surface area contributed by atoms with Crippen molar-refractivity contribution in [2.45, 2.75) is 45.8 Å². The highest BCUT2D eigenvalue weighted by atomic mass is 16.3. The molecule has 1 aliphatic rings. The molecule has 1 amide bonds. The first-order chi connectivity index (χ1) is 13.4. The monoisotopic (exact) mass is 379 g/mol. The molecule has 7 heteroatoms. The summed E-state index contributed by atoms with van der Waals surface area (Å²) >= 11 is 0. The van der Waals surface area contributed by atoms with Gasteiger partial charge in [-0.05, 0) is 45.2 Å². The van der Waals surface area contributed by atoms with Crippen molar-refractivity contribution in [3.8, 4) is 0 Å². The van der Waals surface area contributed by atoms with E-state index in [2.05, 4.69) is 15.3 Å². The SMILES string of the molecule is Cc1nc2c(C)cccc2cc1C(=O)N1CCC(n2cc(C(C)O)nn2)CC1. The van der Waals surface area contributed by atoms with Crippen molar-refractivity contribution in [3.63, 3.8) is 0 Å². The van der Waals surface area contributed by atoms with Crippen LogP contribution < -0.4 is 0 Å². The minimum absolute atomic E-state index is 0.0371. The molecule has 1 saturated heterocycles. The number of aromatic nitrogens is 4. The number of carbonyl (C=O) groups is 1. The van der Waals surface area contributed by atoms with Gasteiger partial charge in [-0.3, -0.25) is 9.78 Å². The third kappa shape index (κ3) is 3.38. The van der Waals surface area contributed by atoms with Crippen molar-refractivity contribution in [2.24, 2.45) is 0 Å². The Morgan fingerprint density at radius 2 is 2.00 bits per heavy atom. The molecule has 3 aromatic rings. The number of carbonyl (C=O) groups excluding carboxylic acids is 1. The Hall–Kier alpha value is -2.80. The van der Waals surface area contributed by atoms with E-state index in [1.807, 2.05) is 47.7 Å². The summed E-state index contributed by atoms with van der Waals surface area (Å²) < 4.78 is 1.81. The van der Waals surface area contributed by atoms with Gasteiger partial charge in [0.25, 0.3) is 5.91 Å². The number of fused-ring (bicyclic) bond motifs is 1. The fraction of sp³-hybridized carbons (Fsp3) is 0.429. The summed E-state index contributed by atoms with van der Waals surface area (Å²) in [5.74, 6) is 0.0371. The molecule has 0 spiro atoms. The molecule has 1 aliphatic heterocycles. The molecule has 7 nitrogen and oxygen atoms in total. The zero-order valence-corrected chi connectivity index (χ0v) is 16.5. The van der Waals surface area contributed by atoms with Crippen LogP contribution in [0.15, 0.2) is 30.5 Å². The van der Waals surface area contributed by atoms with Crippen molar-refractivity contribution in [1.29, 1.82) is 0 Å². The Morgan fingerprint density at radius 1 is 1.25 bits per heavy atom. The molecule has 2 aromatic heterocycles. The molecule has 1 N–H and O–H groups in total. The highest BCUT2D eigenvalue weighted by Gasteiger charge is 2.27. The van der Waals surface area contributed by atoms with Crippen LogP contribution in [0.5, 0.6) is 0 Å². The van der Waals surface area contributed by atoms with Crippen LogP contribution >= 0.6 is 0 Å². The quantitative estimate of drug-likeness (QED) is 0.756. The molecule has 1 aromatic carbocycles. The van der Waals surface area contributed by atoms with Crippen LogP contribution in [0.25, 0.3) is 10.9 Å². The van der Waals surface area contributed by atoms with E-state index in [0.29, 0.717) is 24.3 Å². The van der Waals surface area contributed by atoms with Gasteiger partial charge in [-0.2, -0.15) is 0 Å². The number of aryl methyl sites for hydroxylation is 2. The number of para-hydroxylation sites is 1. The van der Waals surface area contributed by atoms with Crippen LogP contribution in [0.2, 0.25) is 0 Å². The van der Waals surface area contributed by atoms with Crippen LogP contribution in [0.4, 0.5) is 0 Å². The Bertz CT molecular complexity index is 1020. The van der Waals surface area contributed by atoms with E-state index in [4.69, 9.17) is 0 Å². The number of hydrogen-bond acceptors (Lipinski definition) is 5. The molecule has 0 bridgehead atoms. The number of rotatable bonds is 3. The zero-order chi connectivity index (χ0) is 19.8. The Morgan fingerprint density at radius 3 is 2.68 bits per heavy atom. The molecular weight excluding hydrogens is 354 g/mol. The summed E-state index contributed by atoms with van der Waals surface area (Å²) in [4.78, 5) is 19.7. The third-order valence-electron chi connectivity index (χ3n) is 5.55. The first-order valence-electron chi connectivity index (χ1n) is 9.70. The second-order valence-corrected chi connectivity index (χ2v) is 7.59. The lowest BCUT2D eigenvalue weighted by Gasteiger charge is -2.32. The van der Waals surface area contributed by atoms with E-state index in [9.17, 15) is 9.90 Å². The van der Waals surface area contributed by atoms with E-state index < -0.39 is 6.10 Å². The summed E-state index contributed by atoms with van der Waals surface area (Å²) in [6, 6.07) is 8.19. The summed E-state index contributed by atoms with van der Waals surface area (Å²) in [5, 5.41) is 18.8. The number of pyridine rings is 1. The predicted molar refractivity (Wildman–Crippen MR) is 106 cm³/mol. The maximum atomic E-state index is 13.1. The molecule has 1 unspecified atom stereocenters. The largest absolute Gasteiger partial charge is 0.387 e. The van der Waals surface area contributed by atoms with Gasteiger partial charge in [0.1, 0.15) is 5.69 Å². The first kappa shape index (κ1) is 18.6. The van der Waals surface area contributed by atoms with Crippen LogP contribution in [0.3, 0.4) is 0 Å². The lowest BCUT2D eigenvalue weighted by molar-refractivity contribution is 0.0688. The molecule has 0 aliphatic carbocycles. The first-order valence-corrected chi connectivity index (χ1v) is 9.70. The topological polar surface area (TPSA) is 84.1 Å². The highest BCUT2D eigenvalue weighted by Crippen LogP contribution is 2.26. The van der Waals surface area contributed by atoms with Crippen LogP contribution in [-0.2, 0) is 0 Å². The van der Waals surface area contributed by atoms with E-state index >= 15 is 0 Å². The minimum Gasteiger partial charge on any atom is -0.387 e. The van der Waals surface area contributed by atoms with E-state index in [1.54, 1.807) is 13.1 Å². The second-order valence-electron chi connectivity index (χ2n) is 7.59. The minimum atomic E-state index is -0.623. The van der Waals surface area contributed by atoms with Crippen molar-refractivity contribution >= 4 is 16.8 Å². The van der Waals surface area contributed by atoms with E-state index in [0.717, 1.165) is 35.0 Å². The molecule has 3 heterocycles. The molecule has 1 fully saturated rings. The summed E-state index contributed by atoms with van der Waals surface area (Å²) in [5.41, 5.74) is 4.09. The molecule has 146 valence electrons. The van der Waals surface area contributed by atoms with E-state index in [-0.39, 0.29) is 11.9 Å². The summed E-state index contributed by atoms with van der Waals surface area (Å²) in [6.45, 7) is 6.95. The standard InChI is InChI=1S/C21H25N5O2/c1-13-5-4-6-16-11-18(14(2)22-20(13)16)21(28)25-9-7-17(8-10-25)26-12-19(15(3)27)23-24-26/h4-6,11-12,15,17,27H,7-10H2,1-3H3. The number of hydrogen-bond donors (Lipinski definition) is 1. The number of amides is 1. The van der Waals surface area contributed by atoms with Gasteiger partial charge in [-0.25, -0.2) is 4.68 Å². The molecule has 28 heavy (non-hydrogen) atoms. The van der Waals surface area contributed by atoms with Crippen molar-refractivity contribution in [1.82, 2.24) is 24.9 Å². The molecule has 4 rings (SSSR count). The number of aliphatic hydroxyl groups is 1. The molecular formula is C21H25N5O2. The van der Waals surface area contributed by atoms with Gasteiger partial charge in [-0.15, -0.1) is 5.10 Å². The van der Waals surface area contributed by atoms with Crippen LogP contribution in [0, 0.1) is 13.8 Å². The maximum absolute atomic E-state index is 13.1. The van der Waals surface area contributed by atoms with Gasteiger partial charge in [0.05, 0.1) is 35.1 Å². The fourth-order valence-electron chi connectivity index (χ4n) is 3.82. The lowest BCUT2D eigenvalue weighted by Crippen LogP contribution is -2.39. The fourth-order valence-corrected chi connectivity index (χ4v) is 3.82. The average molecular weight is 379 g/mol. The van der Waals surface area contributed by atoms with Gasteiger partial charge >= 0.3 is 0 Å². The predicted octanol–water partition coefficient (Wildman–Crippen LogP) is 2.97. The van der Waals surface area contributed by atoms with Crippen molar-refractivity contribution < 1.29 is 9.90 Å². The van der Waals surface area contributed by atoms with Crippen LogP contribution in [-0.4, -0.2) is 49.0 Å². The van der Waals surface area contributed by atoms with Gasteiger partial charge in [0.2, 0.25) is 0 Å². The van der Waals surface area contributed by atoms with Crippen molar-refractivity contribution in [3.05, 3.63) is 53.0 Å². The maximum Gasteiger partial charge on any atom is 0.255 e. The third-order valence-corrected chi connectivity index (χ3v) is 5.55.